The molecule has 2 aliphatic rings. The van der Waals surface area contributed by atoms with Crippen LogP contribution in [0.1, 0.15) is 51.5 Å². The average Bonchev–Trinajstić information content (AvgIpc) is 3.92. The number of carbonyl (C=O) groups excluding carboxylic acids is 5. The smallest absolute Gasteiger partial charge is 0.407 e. The van der Waals surface area contributed by atoms with Crippen LogP contribution in [-0.2, 0) is 30.3 Å². The van der Waals surface area contributed by atoms with Gasteiger partial charge in [0.05, 0.1) is 13.5 Å². The molecule has 3 aromatic carbocycles. The lowest BCUT2D eigenvalue weighted by Gasteiger charge is -2.14. The van der Waals surface area contributed by atoms with Gasteiger partial charge in [-0.1, -0.05) is 68.8 Å². The van der Waals surface area contributed by atoms with Crippen LogP contribution in [-0.4, -0.2) is 85.3 Å². The predicted octanol–water partition coefficient (Wildman–Crippen LogP) is 6.27. The Hall–Kier alpha value is -5.78. The number of likely N-dealkylation sites (tertiary alicyclic amines) is 2. The molecule has 0 radical (unpaired) electrons. The first-order valence-electron chi connectivity index (χ1n) is 17.6. The number of anilines is 2. The molecule has 1 aromatic heterocycles. The van der Waals surface area contributed by atoms with Gasteiger partial charge in [0.1, 0.15) is 12.4 Å². The molecule has 4 aromatic rings. The first-order chi connectivity index (χ1) is 25.3. The van der Waals surface area contributed by atoms with Crippen LogP contribution in [0.2, 0.25) is 0 Å². The van der Waals surface area contributed by atoms with E-state index in [0.717, 1.165) is 72.2 Å². The SMILES string of the molecule is CCC.COC(=O)NCC(=O)N1CCCC1.O=C(Cc1ccccc1)N1CCCC1.O=CNc1ccc2cc(-c3ccc(NC=O)nc3)ccc2c1. The Morgan fingerprint density at radius 1 is 0.731 bits per heavy atom. The third-order valence-electron chi connectivity index (χ3n) is 8.05. The Morgan fingerprint density at radius 2 is 1.31 bits per heavy atom. The standard InChI is InChI=1S/C17H13N3O2.C12H15NO.C8H14N2O3.C3H8/c21-10-19-16-5-3-12-7-13(1-2-14(12)8-16)15-4-6-17(18-9-15)20-11-22;14-12(13-8-4-5-9-13)10-11-6-2-1-3-7-11;1-13-8(12)9-6-7(11)10-4-2-3-5-10;1-3-2/h1-11H,(H,19,21)(H,18,20,22);1-3,6-7H,4-5,8-10H2;2-6H2,1H3,(H,9,12);3H2,1-2H3. The molecule has 0 spiro atoms. The van der Waals surface area contributed by atoms with Crippen molar-refractivity contribution in [2.24, 2.45) is 0 Å². The van der Waals surface area contributed by atoms with Crippen molar-refractivity contribution in [3.05, 3.63) is 90.6 Å². The molecule has 0 unspecified atom stereocenters. The van der Waals surface area contributed by atoms with Gasteiger partial charge in [0.15, 0.2) is 0 Å². The molecule has 3 N–H and O–H groups in total. The monoisotopic (exact) mass is 710 g/mol. The summed E-state index contributed by atoms with van der Waals surface area (Å²) < 4.78 is 4.34. The van der Waals surface area contributed by atoms with Crippen molar-refractivity contribution in [3.63, 3.8) is 0 Å². The Morgan fingerprint density at radius 3 is 1.88 bits per heavy atom. The maximum atomic E-state index is 11.7. The molecule has 2 fully saturated rings. The fourth-order valence-electron chi connectivity index (χ4n) is 5.44. The second-order valence-electron chi connectivity index (χ2n) is 12.1. The Kier molecular flexibility index (Phi) is 17.9. The molecule has 12 heteroatoms. The molecule has 12 nitrogen and oxygen atoms in total. The number of nitrogens with zero attached hydrogens (tertiary/aromatic N) is 3. The number of hydrogen-bond acceptors (Lipinski definition) is 7. The van der Waals surface area contributed by atoms with Gasteiger partial charge < -0.3 is 30.5 Å². The number of nitrogens with one attached hydrogen (secondary N) is 3. The van der Waals surface area contributed by atoms with Crippen LogP contribution in [0.15, 0.2) is 85.1 Å². The van der Waals surface area contributed by atoms with Crippen molar-refractivity contribution in [2.75, 3.05) is 50.5 Å². The molecule has 6 rings (SSSR count). The van der Waals surface area contributed by atoms with Crippen LogP contribution in [0.5, 0.6) is 0 Å². The van der Waals surface area contributed by atoms with Crippen LogP contribution in [0.25, 0.3) is 21.9 Å². The van der Waals surface area contributed by atoms with Crippen LogP contribution in [0, 0.1) is 0 Å². The Balaban J connectivity index is 0.000000212. The van der Waals surface area contributed by atoms with Gasteiger partial charge in [-0.15, -0.1) is 0 Å². The summed E-state index contributed by atoms with van der Waals surface area (Å²) in [7, 11) is 1.27. The number of alkyl carbamates (subject to hydrolysis) is 1. The maximum Gasteiger partial charge on any atom is 0.407 e. The molecule has 276 valence electrons. The average molecular weight is 711 g/mol. The summed E-state index contributed by atoms with van der Waals surface area (Å²) >= 11 is 0. The van der Waals surface area contributed by atoms with Crippen molar-refractivity contribution >= 4 is 53.0 Å². The van der Waals surface area contributed by atoms with Crippen molar-refractivity contribution in [3.8, 4) is 11.1 Å². The predicted molar refractivity (Wildman–Crippen MR) is 205 cm³/mol. The van der Waals surface area contributed by atoms with E-state index in [2.05, 4.69) is 45.6 Å². The highest BCUT2D eigenvalue weighted by Crippen LogP contribution is 2.26. The summed E-state index contributed by atoms with van der Waals surface area (Å²) in [5.74, 6) is 0.751. The lowest BCUT2D eigenvalue weighted by atomic mass is 10.0. The third kappa shape index (κ3) is 13.9. The molecule has 0 saturated carbocycles. The molecule has 2 saturated heterocycles. The van der Waals surface area contributed by atoms with Gasteiger partial charge in [0.2, 0.25) is 24.6 Å². The topological polar surface area (TPSA) is 150 Å². The minimum atomic E-state index is -0.562. The zero-order chi connectivity index (χ0) is 37.6. The largest absolute Gasteiger partial charge is 0.453 e. The van der Waals surface area contributed by atoms with E-state index in [0.29, 0.717) is 25.1 Å². The first-order valence-corrected chi connectivity index (χ1v) is 17.6. The molecule has 0 atom stereocenters. The minimum Gasteiger partial charge on any atom is -0.453 e. The van der Waals surface area contributed by atoms with E-state index in [9.17, 15) is 24.0 Å². The second-order valence-corrected chi connectivity index (χ2v) is 12.1. The first kappa shape index (κ1) is 40.6. The van der Waals surface area contributed by atoms with E-state index in [-0.39, 0.29) is 18.4 Å². The normalized spacial score (nSPS) is 12.8. The summed E-state index contributed by atoms with van der Waals surface area (Å²) in [6, 6.07) is 25.4. The lowest BCUT2D eigenvalue weighted by molar-refractivity contribution is -0.130. The van der Waals surface area contributed by atoms with Gasteiger partial charge in [-0.3, -0.25) is 19.2 Å². The van der Waals surface area contributed by atoms with Crippen molar-refractivity contribution < 1.29 is 28.7 Å². The van der Waals surface area contributed by atoms with Crippen LogP contribution in [0.4, 0.5) is 16.3 Å². The molecule has 2 aliphatic heterocycles. The minimum absolute atomic E-state index is 0.0344. The summed E-state index contributed by atoms with van der Waals surface area (Å²) in [6.45, 7) is 7.80. The van der Waals surface area contributed by atoms with Crippen LogP contribution in [0.3, 0.4) is 0 Å². The van der Waals surface area contributed by atoms with Crippen molar-refractivity contribution in [1.29, 1.82) is 0 Å². The molecule has 52 heavy (non-hydrogen) atoms. The number of ether oxygens (including phenoxy) is 1. The number of hydrogen-bond donors (Lipinski definition) is 3. The maximum absolute atomic E-state index is 11.7. The summed E-state index contributed by atoms with van der Waals surface area (Å²) in [6.07, 6.45) is 8.68. The highest BCUT2D eigenvalue weighted by atomic mass is 16.5. The molecule has 3 heterocycles. The van der Waals surface area contributed by atoms with Gasteiger partial charge >= 0.3 is 6.09 Å². The van der Waals surface area contributed by atoms with E-state index in [1.165, 1.54) is 26.4 Å². The number of rotatable bonds is 9. The zero-order valence-corrected chi connectivity index (χ0v) is 30.3. The quantitative estimate of drug-likeness (QED) is 0.173. The van der Waals surface area contributed by atoms with E-state index < -0.39 is 6.09 Å². The Labute approximate surface area is 305 Å². The van der Waals surface area contributed by atoms with Gasteiger partial charge in [0.25, 0.3) is 0 Å². The van der Waals surface area contributed by atoms with Crippen LogP contribution >= 0.6 is 0 Å². The number of amides is 5. The highest BCUT2D eigenvalue weighted by molar-refractivity contribution is 5.91. The Bertz CT molecular complexity index is 1710. The highest BCUT2D eigenvalue weighted by Gasteiger charge is 2.18. The summed E-state index contributed by atoms with van der Waals surface area (Å²) in [5.41, 5.74) is 3.88. The van der Waals surface area contributed by atoms with E-state index in [4.69, 9.17) is 0 Å². The summed E-state index contributed by atoms with van der Waals surface area (Å²) in [5, 5.41) is 9.62. The number of benzene rings is 3. The molecular weight excluding hydrogens is 660 g/mol. The number of methoxy groups -OCH3 is 1. The number of pyridine rings is 1. The molecule has 0 bridgehead atoms. The number of carbonyl (C=O) groups is 5. The molecular formula is C40H50N6O6. The van der Waals surface area contributed by atoms with Crippen LogP contribution < -0.4 is 16.0 Å². The lowest BCUT2D eigenvalue weighted by Crippen LogP contribution is -2.38. The van der Waals surface area contributed by atoms with E-state index in [1.54, 1.807) is 17.2 Å². The molecule has 5 amide bonds. The van der Waals surface area contributed by atoms with Gasteiger partial charge in [-0.2, -0.15) is 0 Å². The number of fused-ring (bicyclic) bond motifs is 1. The van der Waals surface area contributed by atoms with Crippen molar-refractivity contribution in [1.82, 2.24) is 20.1 Å². The zero-order valence-electron chi connectivity index (χ0n) is 30.3. The third-order valence-corrected chi connectivity index (χ3v) is 8.05. The van der Waals surface area contributed by atoms with Gasteiger partial charge in [0, 0.05) is 43.6 Å². The number of aromatic nitrogens is 1. The van der Waals surface area contributed by atoms with E-state index >= 15 is 0 Å². The van der Waals surface area contributed by atoms with Gasteiger partial charge in [-0.25, -0.2) is 9.78 Å². The van der Waals surface area contributed by atoms with Crippen molar-refractivity contribution in [2.45, 2.75) is 52.4 Å². The fraction of sp³-hybridized carbons (Fsp3) is 0.350. The van der Waals surface area contributed by atoms with Gasteiger partial charge in [-0.05, 0) is 77.9 Å². The summed E-state index contributed by atoms with van der Waals surface area (Å²) in [4.78, 5) is 62.4. The second kappa shape index (κ2) is 22.8. The fourth-order valence-corrected chi connectivity index (χ4v) is 5.44. The molecule has 0 aliphatic carbocycles. The van der Waals surface area contributed by atoms with E-state index in [1.807, 2.05) is 71.6 Å².